The highest BCUT2D eigenvalue weighted by Gasteiger charge is 2.01. The number of anilines is 1. The van der Waals surface area contributed by atoms with Crippen molar-refractivity contribution in [2.45, 2.75) is 20.3 Å². The number of nitrogens with one attached hydrogen (secondary N) is 1. The van der Waals surface area contributed by atoms with Crippen LogP contribution in [0.1, 0.15) is 28.4 Å². The van der Waals surface area contributed by atoms with E-state index in [1.165, 1.54) is 5.56 Å². The van der Waals surface area contributed by atoms with Gasteiger partial charge in [-0.1, -0.05) is 49.4 Å². The van der Waals surface area contributed by atoms with Crippen molar-refractivity contribution in [3.05, 3.63) is 77.5 Å². The third kappa shape index (κ3) is 3.58. The Morgan fingerprint density at radius 2 is 1.80 bits per heavy atom. The van der Waals surface area contributed by atoms with Crippen LogP contribution in [0.4, 0.5) is 5.69 Å². The summed E-state index contributed by atoms with van der Waals surface area (Å²) in [5, 5.41) is 3.13. The Balaban J connectivity index is 2.00. The lowest BCUT2D eigenvalue weighted by Crippen LogP contribution is -1.97. The summed E-state index contributed by atoms with van der Waals surface area (Å²) in [4.78, 5) is 12.0. The highest BCUT2D eigenvalue weighted by atomic mass is 16.1. The Morgan fingerprint density at radius 1 is 1.10 bits per heavy atom. The van der Waals surface area contributed by atoms with Gasteiger partial charge < -0.3 is 5.32 Å². The molecule has 0 fully saturated rings. The van der Waals surface area contributed by atoms with Gasteiger partial charge in [0.25, 0.3) is 0 Å². The maximum atomic E-state index is 12.0. The van der Waals surface area contributed by atoms with Crippen LogP contribution in [0.3, 0.4) is 0 Å². The molecule has 0 atom stereocenters. The third-order valence-corrected chi connectivity index (χ3v) is 3.27. The number of hydrogen-bond acceptors (Lipinski definition) is 2. The van der Waals surface area contributed by atoms with E-state index >= 15 is 0 Å². The van der Waals surface area contributed by atoms with Crippen molar-refractivity contribution >= 4 is 11.5 Å². The van der Waals surface area contributed by atoms with E-state index in [1.807, 2.05) is 55.5 Å². The molecule has 2 heteroatoms. The first kappa shape index (κ1) is 14.1. The van der Waals surface area contributed by atoms with E-state index in [0.29, 0.717) is 5.56 Å². The Morgan fingerprint density at radius 3 is 2.45 bits per heavy atom. The minimum atomic E-state index is 0.00809. The van der Waals surface area contributed by atoms with Crippen molar-refractivity contribution in [2.75, 3.05) is 5.32 Å². The summed E-state index contributed by atoms with van der Waals surface area (Å²) in [5.74, 6) is 0.00809. The number of rotatable bonds is 5. The minimum Gasteiger partial charge on any atom is -0.361 e. The van der Waals surface area contributed by atoms with Crippen LogP contribution in [0.25, 0.3) is 0 Å². The van der Waals surface area contributed by atoms with E-state index in [0.717, 1.165) is 17.7 Å². The molecule has 2 rings (SSSR count). The molecule has 102 valence electrons. The fraction of sp³-hybridized carbons (Fsp3) is 0.167. The summed E-state index contributed by atoms with van der Waals surface area (Å²) in [5.41, 5.74) is 4.11. The van der Waals surface area contributed by atoms with Crippen LogP contribution in [0.5, 0.6) is 0 Å². The number of carbonyl (C=O) groups is 1. The highest BCUT2D eigenvalue weighted by molar-refractivity contribution is 6.04. The van der Waals surface area contributed by atoms with E-state index in [9.17, 15) is 4.79 Å². The molecule has 2 aromatic carbocycles. The maximum Gasteiger partial charge on any atom is 0.187 e. The van der Waals surface area contributed by atoms with Crippen molar-refractivity contribution < 1.29 is 4.79 Å². The number of aryl methyl sites for hydroxylation is 2. The number of benzene rings is 2. The van der Waals surface area contributed by atoms with Crippen LogP contribution in [-0.2, 0) is 6.42 Å². The van der Waals surface area contributed by atoms with Gasteiger partial charge in [-0.15, -0.1) is 0 Å². The second-order valence-corrected chi connectivity index (χ2v) is 4.71. The number of carbonyl (C=O) groups excluding carboxylic acids is 1. The Bertz CT molecular complexity index is 612. The highest BCUT2D eigenvalue weighted by Crippen LogP contribution is 2.13. The molecule has 1 N–H and O–H groups in total. The summed E-state index contributed by atoms with van der Waals surface area (Å²) in [6, 6.07) is 15.7. The van der Waals surface area contributed by atoms with E-state index in [-0.39, 0.29) is 5.78 Å². The van der Waals surface area contributed by atoms with Gasteiger partial charge in [0, 0.05) is 23.5 Å². The quantitative estimate of drug-likeness (QED) is 0.642. The average molecular weight is 265 g/mol. The van der Waals surface area contributed by atoms with E-state index in [1.54, 1.807) is 12.3 Å². The molecule has 0 aliphatic carbocycles. The molecule has 0 aliphatic heterocycles. The van der Waals surface area contributed by atoms with Gasteiger partial charge in [-0.25, -0.2) is 0 Å². The molecule has 0 aromatic heterocycles. The van der Waals surface area contributed by atoms with Crippen molar-refractivity contribution in [1.82, 2.24) is 0 Å². The molecule has 0 radical (unpaired) electrons. The van der Waals surface area contributed by atoms with Crippen LogP contribution in [0.2, 0.25) is 0 Å². The molecule has 0 bridgehead atoms. The Hall–Kier alpha value is -2.35. The molecular weight excluding hydrogens is 246 g/mol. The summed E-state index contributed by atoms with van der Waals surface area (Å²) < 4.78 is 0. The van der Waals surface area contributed by atoms with E-state index in [2.05, 4.69) is 12.2 Å². The second kappa shape index (κ2) is 6.71. The van der Waals surface area contributed by atoms with E-state index < -0.39 is 0 Å². The van der Waals surface area contributed by atoms with Crippen LogP contribution in [0.15, 0.2) is 60.8 Å². The largest absolute Gasteiger partial charge is 0.361 e. The topological polar surface area (TPSA) is 29.1 Å². The average Bonchev–Trinajstić information content (AvgIpc) is 2.49. The standard InChI is InChI=1S/C18H19NO/c1-3-15-8-10-16(11-9-15)18(20)12-13-19-17-7-5-4-6-14(17)2/h4-13,19H,3H2,1-2H3/b13-12+. The normalized spacial score (nSPS) is 10.7. The summed E-state index contributed by atoms with van der Waals surface area (Å²) in [7, 11) is 0. The lowest BCUT2D eigenvalue weighted by atomic mass is 10.1. The molecule has 0 aliphatic rings. The monoisotopic (exact) mass is 265 g/mol. The first-order chi connectivity index (χ1) is 9.70. The van der Waals surface area contributed by atoms with Crippen LogP contribution >= 0.6 is 0 Å². The molecule has 0 amide bonds. The van der Waals surface area contributed by atoms with Gasteiger partial charge in [0.05, 0.1) is 0 Å². The minimum absolute atomic E-state index is 0.00809. The zero-order chi connectivity index (χ0) is 14.4. The smallest absolute Gasteiger partial charge is 0.187 e. The predicted molar refractivity (Wildman–Crippen MR) is 84.1 cm³/mol. The van der Waals surface area contributed by atoms with Gasteiger partial charge in [0.2, 0.25) is 0 Å². The molecule has 0 spiro atoms. The molecular formula is C18H19NO. The van der Waals surface area contributed by atoms with Gasteiger partial charge in [-0.05, 0) is 30.5 Å². The summed E-state index contributed by atoms with van der Waals surface area (Å²) in [6.07, 6.45) is 4.24. The second-order valence-electron chi connectivity index (χ2n) is 4.71. The zero-order valence-electron chi connectivity index (χ0n) is 11.9. The molecule has 0 unspecified atom stereocenters. The van der Waals surface area contributed by atoms with Crippen molar-refractivity contribution in [2.24, 2.45) is 0 Å². The third-order valence-electron chi connectivity index (χ3n) is 3.27. The number of para-hydroxylation sites is 1. The predicted octanol–water partition coefficient (Wildman–Crippen LogP) is 4.37. The fourth-order valence-electron chi connectivity index (χ4n) is 1.94. The van der Waals surface area contributed by atoms with Gasteiger partial charge >= 0.3 is 0 Å². The van der Waals surface area contributed by atoms with Crippen LogP contribution in [-0.4, -0.2) is 5.78 Å². The molecule has 2 nitrogen and oxygen atoms in total. The summed E-state index contributed by atoms with van der Waals surface area (Å²) >= 11 is 0. The van der Waals surface area contributed by atoms with Gasteiger partial charge in [0.1, 0.15) is 0 Å². The van der Waals surface area contributed by atoms with Crippen LogP contribution < -0.4 is 5.32 Å². The van der Waals surface area contributed by atoms with Crippen molar-refractivity contribution in [1.29, 1.82) is 0 Å². The molecule has 0 saturated carbocycles. The maximum absolute atomic E-state index is 12.0. The lowest BCUT2D eigenvalue weighted by Gasteiger charge is -2.04. The summed E-state index contributed by atoms with van der Waals surface area (Å²) in [6.45, 7) is 4.13. The van der Waals surface area contributed by atoms with Gasteiger partial charge in [-0.2, -0.15) is 0 Å². The van der Waals surface area contributed by atoms with Crippen LogP contribution in [0, 0.1) is 6.92 Å². The van der Waals surface area contributed by atoms with Gasteiger partial charge in [-0.3, -0.25) is 4.79 Å². The number of allylic oxidation sites excluding steroid dienone is 1. The number of ketones is 1. The molecule has 20 heavy (non-hydrogen) atoms. The Kier molecular flexibility index (Phi) is 4.72. The zero-order valence-corrected chi connectivity index (χ0v) is 11.9. The SMILES string of the molecule is CCc1ccc(C(=O)/C=C/Nc2ccccc2C)cc1. The fourth-order valence-corrected chi connectivity index (χ4v) is 1.94. The molecule has 0 saturated heterocycles. The Labute approximate surface area is 120 Å². The van der Waals surface area contributed by atoms with Gasteiger partial charge in [0.15, 0.2) is 5.78 Å². The van der Waals surface area contributed by atoms with E-state index in [4.69, 9.17) is 0 Å². The molecule has 0 heterocycles. The lowest BCUT2D eigenvalue weighted by molar-refractivity contribution is 0.104. The first-order valence-electron chi connectivity index (χ1n) is 6.82. The van der Waals surface area contributed by atoms with Crippen molar-refractivity contribution in [3.8, 4) is 0 Å². The number of hydrogen-bond donors (Lipinski definition) is 1. The van der Waals surface area contributed by atoms with Crippen molar-refractivity contribution in [3.63, 3.8) is 0 Å². The first-order valence-corrected chi connectivity index (χ1v) is 6.82. The molecule has 2 aromatic rings.